The Hall–Kier alpha value is -0.180. The Balaban J connectivity index is 2.03. The predicted octanol–water partition coefficient (Wildman–Crippen LogP) is 1.45. The van der Waals surface area contributed by atoms with Gasteiger partial charge in [0.15, 0.2) is 0 Å². The van der Waals surface area contributed by atoms with Crippen molar-refractivity contribution >= 4 is 17.7 Å². The maximum atomic E-state index is 10.9. The highest BCUT2D eigenvalue weighted by Crippen LogP contribution is 2.41. The lowest BCUT2D eigenvalue weighted by Crippen LogP contribution is -2.42. The highest BCUT2D eigenvalue weighted by Gasteiger charge is 2.45. The maximum absolute atomic E-state index is 10.9. The molecule has 0 amide bonds. The lowest BCUT2D eigenvalue weighted by atomic mass is 9.89. The van der Waals surface area contributed by atoms with E-state index in [1.807, 2.05) is 11.8 Å². The second-order valence-electron chi connectivity index (χ2n) is 3.52. The van der Waals surface area contributed by atoms with Crippen molar-refractivity contribution in [1.29, 1.82) is 0 Å². The second kappa shape index (κ2) is 2.41. The van der Waals surface area contributed by atoms with Gasteiger partial charge >= 0.3 is 5.97 Å². The van der Waals surface area contributed by atoms with Gasteiger partial charge < -0.3 is 4.74 Å². The summed E-state index contributed by atoms with van der Waals surface area (Å²) >= 11 is 1.94. The van der Waals surface area contributed by atoms with Crippen molar-refractivity contribution < 1.29 is 9.53 Å². The molecule has 1 unspecified atom stereocenters. The van der Waals surface area contributed by atoms with Gasteiger partial charge in [-0.2, -0.15) is 11.8 Å². The Bertz CT molecular complexity index is 189. The van der Waals surface area contributed by atoms with E-state index in [-0.39, 0.29) is 11.6 Å². The first-order valence-corrected chi connectivity index (χ1v) is 5.16. The minimum atomic E-state index is -0.109. The van der Waals surface area contributed by atoms with Gasteiger partial charge in [-0.25, -0.2) is 0 Å². The molecule has 0 aromatic heterocycles. The molecule has 2 aliphatic heterocycles. The van der Waals surface area contributed by atoms with E-state index in [4.69, 9.17) is 4.74 Å². The first kappa shape index (κ1) is 7.47. The number of carbonyl (C=O) groups is 1. The Morgan fingerprint density at radius 3 is 2.73 bits per heavy atom. The van der Waals surface area contributed by atoms with E-state index in [1.54, 1.807) is 0 Å². The third-order valence-electron chi connectivity index (χ3n) is 2.67. The van der Waals surface area contributed by atoms with Crippen molar-refractivity contribution in [3.63, 3.8) is 0 Å². The molecular formula is C8H12O2S. The molecule has 0 spiro atoms. The molecule has 2 rings (SSSR count). The van der Waals surface area contributed by atoms with E-state index in [2.05, 4.69) is 6.92 Å². The smallest absolute Gasteiger partial charge is 0.306 e. The molecule has 0 saturated carbocycles. The molecule has 2 fully saturated rings. The van der Waals surface area contributed by atoms with Crippen molar-refractivity contribution in [2.75, 3.05) is 11.5 Å². The van der Waals surface area contributed by atoms with E-state index in [0.717, 1.165) is 6.42 Å². The molecule has 0 radical (unpaired) electrons. The standard InChI is InChI=1S/C8H12O2S/c1-8(6-4-11-5-6)3-2-7(9)10-8/h6H,2-5H2,1H3. The molecule has 2 saturated heterocycles. The molecule has 0 aliphatic carbocycles. The first-order chi connectivity index (χ1) is 5.21. The van der Waals surface area contributed by atoms with Gasteiger partial charge in [0.25, 0.3) is 0 Å². The third kappa shape index (κ3) is 1.15. The van der Waals surface area contributed by atoms with Gasteiger partial charge in [0.2, 0.25) is 0 Å². The Morgan fingerprint density at radius 1 is 1.64 bits per heavy atom. The summed E-state index contributed by atoms with van der Waals surface area (Å²) in [5.74, 6) is 2.96. The highest BCUT2D eigenvalue weighted by molar-refractivity contribution is 8.00. The van der Waals surface area contributed by atoms with E-state index >= 15 is 0 Å². The number of hydrogen-bond acceptors (Lipinski definition) is 3. The lowest BCUT2D eigenvalue weighted by Gasteiger charge is -2.37. The van der Waals surface area contributed by atoms with Crippen LogP contribution in [0.25, 0.3) is 0 Å². The van der Waals surface area contributed by atoms with Crippen LogP contribution in [0.15, 0.2) is 0 Å². The number of thioether (sulfide) groups is 1. The molecule has 0 bridgehead atoms. The molecule has 0 aromatic carbocycles. The summed E-state index contributed by atoms with van der Waals surface area (Å²) in [5, 5.41) is 0. The lowest BCUT2D eigenvalue weighted by molar-refractivity contribution is -0.150. The van der Waals surface area contributed by atoms with Crippen LogP contribution in [0.2, 0.25) is 0 Å². The monoisotopic (exact) mass is 172 g/mol. The first-order valence-electron chi connectivity index (χ1n) is 4.00. The predicted molar refractivity (Wildman–Crippen MR) is 44.5 cm³/mol. The van der Waals surface area contributed by atoms with E-state index in [1.165, 1.54) is 11.5 Å². The maximum Gasteiger partial charge on any atom is 0.306 e. The average Bonchev–Trinajstić information content (AvgIpc) is 2.06. The largest absolute Gasteiger partial charge is 0.459 e. The Morgan fingerprint density at radius 2 is 2.36 bits per heavy atom. The number of esters is 1. The number of rotatable bonds is 1. The van der Waals surface area contributed by atoms with E-state index in [9.17, 15) is 4.79 Å². The van der Waals surface area contributed by atoms with Crippen molar-refractivity contribution in [2.45, 2.75) is 25.4 Å². The summed E-state index contributed by atoms with van der Waals surface area (Å²) in [4.78, 5) is 10.9. The van der Waals surface area contributed by atoms with Crippen LogP contribution in [0.3, 0.4) is 0 Å². The minimum Gasteiger partial charge on any atom is -0.459 e. The van der Waals surface area contributed by atoms with Crippen molar-refractivity contribution in [1.82, 2.24) is 0 Å². The third-order valence-corrected chi connectivity index (χ3v) is 3.95. The van der Waals surface area contributed by atoms with Gasteiger partial charge in [-0.1, -0.05) is 0 Å². The average molecular weight is 172 g/mol. The number of carbonyl (C=O) groups excluding carboxylic acids is 1. The van der Waals surface area contributed by atoms with Crippen LogP contribution in [0.5, 0.6) is 0 Å². The minimum absolute atomic E-state index is 0.00981. The summed E-state index contributed by atoms with van der Waals surface area (Å²) in [6.07, 6.45) is 1.55. The number of ether oxygens (including phenoxy) is 1. The molecule has 2 heterocycles. The fraction of sp³-hybridized carbons (Fsp3) is 0.875. The zero-order chi connectivity index (χ0) is 7.90. The molecule has 62 valence electrons. The molecule has 2 aliphatic rings. The Labute approximate surface area is 70.7 Å². The molecule has 11 heavy (non-hydrogen) atoms. The van der Waals surface area contributed by atoms with Gasteiger partial charge in [0, 0.05) is 23.8 Å². The summed E-state index contributed by atoms with van der Waals surface area (Å²) in [6, 6.07) is 0. The summed E-state index contributed by atoms with van der Waals surface area (Å²) in [7, 11) is 0. The number of cyclic esters (lactones) is 1. The van der Waals surface area contributed by atoms with Crippen molar-refractivity contribution in [3.05, 3.63) is 0 Å². The summed E-state index contributed by atoms with van der Waals surface area (Å²) < 4.78 is 5.30. The molecule has 0 N–H and O–H groups in total. The van der Waals surface area contributed by atoms with Gasteiger partial charge in [-0.3, -0.25) is 4.79 Å². The molecular weight excluding hydrogens is 160 g/mol. The summed E-state index contributed by atoms with van der Waals surface area (Å²) in [5.41, 5.74) is -0.109. The molecule has 3 heteroatoms. The summed E-state index contributed by atoms with van der Waals surface area (Å²) in [6.45, 7) is 2.07. The zero-order valence-electron chi connectivity index (χ0n) is 6.63. The second-order valence-corrected chi connectivity index (χ2v) is 4.60. The quantitative estimate of drug-likeness (QED) is 0.560. The SMILES string of the molecule is CC1(C2CSC2)CCC(=O)O1. The van der Waals surface area contributed by atoms with Gasteiger partial charge in [0.1, 0.15) is 5.60 Å². The van der Waals surface area contributed by atoms with Crippen molar-refractivity contribution in [2.24, 2.45) is 5.92 Å². The number of hydrogen-bond donors (Lipinski definition) is 0. The van der Waals surface area contributed by atoms with Gasteiger partial charge in [-0.05, 0) is 13.3 Å². The van der Waals surface area contributed by atoms with Crippen LogP contribution in [0.1, 0.15) is 19.8 Å². The van der Waals surface area contributed by atoms with Crippen LogP contribution in [0, 0.1) is 5.92 Å². The van der Waals surface area contributed by atoms with Crippen LogP contribution in [-0.4, -0.2) is 23.1 Å². The van der Waals surface area contributed by atoms with E-state index < -0.39 is 0 Å². The van der Waals surface area contributed by atoms with Crippen LogP contribution in [-0.2, 0) is 9.53 Å². The Kier molecular flexibility index (Phi) is 1.63. The van der Waals surface area contributed by atoms with Crippen LogP contribution < -0.4 is 0 Å². The normalized spacial score (nSPS) is 38.5. The molecule has 0 aromatic rings. The topological polar surface area (TPSA) is 26.3 Å². The fourth-order valence-corrected chi connectivity index (χ4v) is 2.76. The fourth-order valence-electron chi connectivity index (χ4n) is 1.59. The highest BCUT2D eigenvalue weighted by atomic mass is 32.2. The van der Waals surface area contributed by atoms with Crippen molar-refractivity contribution in [3.8, 4) is 0 Å². The van der Waals surface area contributed by atoms with Gasteiger partial charge in [-0.15, -0.1) is 0 Å². The zero-order valence-corrected chi connectivity index (χ0v) is 7.45. The van der Waals surface area contributed by atoms with E-state index in [0.29, 0.717) is 12.3 Å². The molecule has 1 atom stereocenters. The van der Waals surface area contributed by atoms with Crippen LogP contribution >= 0.6 is 11.8 Å². The van der Waals surface area contributed by atoms with Crippen LogP contribution in [0.4, 0.5) is 0 Å². The molecule has 2 nitrogen and oxygen atoms in total. The van der Waals surface area contributed by atoms with Gasteiger partial charge in [0.05, 0.1) is 0 Å².